The standard InChI is InChI=1S/C19H21BrN2O2/c1-11-5-7-15(13(3)9-11)21-18(23)17(20)19(24)22-16-8-6-12(2)10-14(16)4/h5-10,17H,1-4H3,(H,21,23)(H,22,24). The quantitative estimate of drug-likeness (QED) is 0.607. The van der Waals surface area contributed by atoms with Crippen LogP contribution in [0.4, 0.5) is 11.4 Å². The predicted molar refractivity (Wildman–Crippen MR) is 102 cm³/mol. The number of amides is 2. The molecule has 0 spiro atoms. The van der Waals surface area contributed by atoms with E-state index >= 15 is 0 Å². The molecule has 5 heteroatoms. The molecule has 0 aliphatic carbocycles. The zero-order valence-corrected chi connectivity index (χ0v) is 15.8. The third-order valence-corrected chi connectivity index (χ3v) is 4.57. The number of carbonyl (C=O) groups excluding carboxylic acids is 2. The minimum atomic E-state index is -0.973. The second kappa shape index (κ2) is 7.62. The van der Waals surface area contributed by atoms with Gasteiger partial charge in [0.15, 0.2) is 4.83 Å². The molecule has 126 valence electrons. The summed E-state index contributed by atoms with van der Waals surface area (Å²) in [5, 5.41) is 5.56. The SMILES string of the molecule is Cc1ccc(NC(=O)C(Br)C(=O)Nc2ccc(C)cc2C)c(C)c1. The summed E-state index contributed by atoms with van der Waals surface area (Å²) in [6, 6.07) is 11.5. The fourth-order valence-electron chi connectivity index (χ4n) is 2.42. The average molecular weight is 389 g/mol. The van der Waals surface area contributed by atoms with Crippen molar-refractivity contribution in [3.63, 3.8) is 0 Å². The Hall–Kier alpha value is -2.14. The van der Waals surface area contributed by atoms with E-state index in [4.69, 9.17) is 0 Å². The van der Waals surface area contributed by atoms with Crippen molar-refractivity contribution >= 4 is 39.1 Å². The summed E-state index contributed by atoms with van der Waals surface area (Å²) in [5.41, 5.74) is 5.56. The second-order valence-electron chi connectivity index (χ2n) is 5.98. The fourth-order valence-corrected chi connectivity index (χ4v) is 2.65. The van der Waals surface area contributed by atoms with Gasteiger partial charge in [-0.1, -0.05) is 51.3 Å². The lowest BCUT2D eigenvalue weighted by Crippen LogP contribution is -2.34. The molecule has 2 aromatic carbocycles. The molecule has 24 heavy (non-hydrogen) atoms. The van der Waals surface area contributed by atoms with Gasteiger partial charge in [0.2, 0.25) is 11.8 Å². The fraction of sp³-hybridized carbons (Fsp3) is 0.263. The van der Waals surface area contributed by atoms with Crippen molar-refractivity contribution in [3.05, 3.63) is 58.7 Å². The van der Waals surface area contributed by atoms with Crippen LogP contribution in [0.2, 0.25) is 0 Å². The lowest BCUT2D eigenvalue weighted by atomic mass is 10.1. The molecule has 0 saturated heterocycles. The van der Waals surface area contributed by atoms with Gasteiger partial charge in [-0.15, -0.1) is 0 Å². The number of carbonyl (C=O) groups is 2. The van der Waals surface area contributed by atoms with E-state index < -0.39 is 16.6 Å². The van der Waals surface area contributed by atoms with Gasteiger partial charge in [-0.3, -0.25) is 9.59 Å². The zero-order chi connectivity index (χ0) is 17.9. The summed E-state index contributed by atoms with van der Waals surface area (Å²) in [4.78, 5) is 23.6. The van der Waals surface area contributed by atoms with E-state index in [9.17, 15) is 9.59 Å². The van der Waals surface area contributed by atoms with Gasteiger partial charge in [-0.2, -0.15) is 0 Å². The first-order valence-electron chi connectivity index (χ1n) is 7.68. The molecule has 0 radical (unpaired) electrons. The molecular formula is C19H21BrN2O2. The highest BCUT2D eigenvalue weighted by atomic mass is 79.9. The van der Waals surface area contributed by atoms with Crippen LogP contribution in [0.5, 0.6) is 0 Å². The Balaban J connectivity index is 2.05. The minimum Gasteiger partial charge on any atom is -0.324 e. The molecule has 0 heterocycles. The third-order valence-electron chi connectivity index (χ3n) is 3.74. The normalized spacial score (nSPS) is 10.6. The van der Waals surface area contributed by atoms with Crippen LogP contribution in [-0.2, 0) is 9.59 Å². The van der Waals surface area contributed by atoms with E-state index in [-0.39, 0.29) is 0 Å². The van der Waals surface area contributed by atoms with E-state index in [2.05, 4.69) is 26.6 Å². The van der Waals surface area contributed by atoms with Gasteiger partial charge in [0.05, 0.1) is 0 Å². The van der Waals surface area contributed by atoms with E-state index in [1.807, 2.05) is 64.1 Å². The molecule has 4 nitrogen and oxygen atoms in total. The molecule has 0 bridgehead atoms. The van der Waals surface area contributed by atoms with Gasteiger partial charge >= 0.3 is 0 Å². The number of hydrogen-bond acceptors (Lipinski definition) is 2. The van der Waals surface area contributed by atoms with E-state index in [1.165, 1.54) is 0 Å². The number of hydrogen-bond donors (Lipinski definition) is 2. The Kier molecular flexibility index (Phi) is 5.78. The Labute approximate surface area is 150 Å². The predicted octanol–water partition coefficient (Wildman–Crippen LogP) is 4.26. The first-order chi connectivity index (χ1) is 11.3. The van der Waals surface area contributed by atoms with Gasteiger partial charge in [-0.25, -0.2) is 0 Å². The van der Waals surface area contributed by atoms with E-state index in [0.29, 0.717) is 11.4 Å². The lowest BCUT2D eigenvalue weighted by Gasteiger charge is -2.14. The molecule has 2 aromatic rings. The van der Waals surface area contributed by atoms with Gasteiger partial charge in [-0.05, 0) is 51.0 Å². The number of anilines is 2. The van der Waals surface area contributed by atoms with Crippen LogP contribution in [0.3, 0.4) is 0 Å². The second-order valence-corrected chi connectivity index (χ2v) is 6.89. The highest BCUT2D eigenvalue weighted by Crippen LogP contribution is 2.19. The van der Waals surface area contributed by atoms with Crippen molar-refractivity contribution in [2.24, 2.45) is 0 Å². The number of nitrogens with one attached hydrogen (secondary N) is 2. The molecule has 0 atom stereocenters. The summed E-state index contributed by atoms with van der Waals surface area (Å²) < 4.78 is 0. The van der Waals surface area contributed by atoms with Gasteiger partial charge < -0.3 is 10.6 Å². The van der Waals surface area contributed by atoms with Crippen molar-refractivity contribution in [2.45, 2.75) is 32.5 Å². The zero-order valence-electron chi connectivity index (χ0n) is 14.2. The first-order valence-corrected chi connectivity index (χ1v) is 8.60. The molecule has 0 aromatic heterocycles. The maximum Gasteiger partial charge on any atom is 0.247 e. The van der Waals surface area contributed by atoms with Gasteiger partial charge in [0.25, 0.3) is 0 Å². The van der Waals surface area contributed by atoms with Gasteiger partial charge in [0, 0.05) is 11.4 Å². The Bertz CT molecular complexity index is 721. The average Bonchev–Trinajstić information content (AvgIpc) is 2.51. The number of benzene rings is 2. The summed E-state index contributed by atoms with van der Waals surface area (Å²) in [6.07, 6.45) is 0. The molecule has 0 aliphatic heterocycles. The summed E-state index contributed by atoms with van der Waals surface area (Å²) >= 11 is 3.18. The minimum absolute atomic E-state index is 0.399. The van der Waals surface area contributed by atoms with Crippen molar-refractivity contribution in [1.29, 1.82) is 0 Å². The van der Waals surface area contributed by atoms with E-state index in [1.54, 1.807) is 0 Å². The number of rotatable bonds is 4. The van der Waals surface area contributed by atoms with Crippen molar-refractivity contribution in [3.8, 4) is 0 Å². The maximum atomic E-state index is 12.3. The molecule has 0 unspecified atom stereocenters. The molecule has 0 fully saturated rings. The monoisotopic (exact) mass is 388 g/mol. The van der Waals surface area contributed by atoms with Crippen LogP contribution in [0.15, 0.2) is 36.4 Å². The third kappa shape index (κ3) is 4.45. The van der Waals surface area contributed by atoms with Crippen molar-refractivity contribution in [1.82, 2.24) is 0 Å². The van der Waals surface area contributed by atoms with Crippen LogP contribution in [0.1, 0.15) is 22.3 Å². The highest BCUT2D eigenvalue weighted by molar-refractivity contribution is 9.10. The van der Waals surface area contributed by atoms with Crippen LogP contribution in [0, 0.1) is 27.7 Å². The number of alkyl halides is 1. The Morgan fingerprint density at radius 2 is 1.17 bits per heavy atom. The van der Waals surface area contributed by atoms with Gasteiger partial charge in [0.1, 0.15) is 0 Å². The highest BCUT2D eigenvalue weighted by Gasteiger charge is 2.24. The van der Waals surface area contributed by atoms with Crippen molar-refractivity contribution in [2.75, 3.05) is 10.6 Å². The van der Waals surface area contributed by atoms with Crippen molar-refractivity contribution < 1.29 is 9.59 Å². The Morgan fingerprint density at radius 3 is 1.50 bits per heavy atom. The van der Waals surface area contributed by atoms with Crippen LogP contribution in [0.25, 0.3) is 0 Å². The van der Waals surface area contributed by atoms with Crippen LogP contribution < -0.4 is 10.6 Å². The smallest absolute Gasteiger partial charge is 0.247 e. The molecule has 0 saturated carbocycles. The van der Waals surface area contributed by atoms with Crippen LogP contribution in [-0.4, -0.2) is 16.6 Å². The maximum absolute atomic E-state index is 12.3. The lowest BCUT2D eigenvalue weighted by molar-refractivity contribution is -0.122. The number of aryl methyl sites for hydroxylation is 4. The summed E-state index contributed by atoms with van der Waals surface area (Å²) in [5.74, 6) is -0.798. The Morgan fingerprint density at radius 1 is 0.792 bits per heavy atom. The molecule has 2 N–H and O–H groups in total. The first kappa shape index (κ1) is 18.2. The summed E-state index contributed by atoms with van der Waals surface area (Å²) in [7, 11) is 0. The topological polar surface area (TPSA) is 58.2 Å². The van der Waals surface area contributed by atoms with E-state index in [0.717, 1.165) is 22.3 Å². The number of halogens is 1. The largest absolute Gasteiger partial charge is 0.324 e. The molecule has 0 aliphatic rings. The molecule has 2 rings (SSSR count). The summed E-state index contributed by atoms with van der Waals surface area (Å²) in [6.45, 7) is 7.82. The van der Waals surface area contributed by atoms with Crippen LogP contribution >= 0.6 is 15.9 Å². The molecular weight excluding hydrogens is 368 g/mol. The molecule has 2 amide bonds.